The molecule has 2 heterocycles. The van der Waals surface area contributed by atoms with Gasteiger partial charge in [0.15, 0.2) is 0 Å². The van der Waals surface area contributed by atoms with Gasteiger partial charge < -0.3 is 20.3 Å². The van der Waals surface area contributed by atoms with E-state index in [1.807, 2.05) is 0 Å². The second kappa shape index (κ2) is 7.82. The number of methoxy groups -OCH3 is 1. The summed E-state index contributed by atoms with van der Waals surface area (Å²) in [4.78, 5) is 14.1. The van der Waals surface area contributed by atoms with Gasteiger partial charge in [0.1, 0.15) is 0 Å². The summed E-state index contributed by atoms with van der Waals surface area (Å²) in [5, 5.41) is 6.38. The molecule has 0 saturated carbocycles. The second-order valence-electron chi connectivity index (χ2n) is 5.60. The van der Waals surface area contributed by atoms with Crippen molar-refractivity contribution < 1.29 is 9.53 Å². The molecule has 2 aliphatic rings. The van der Waals surface area contributed by atoms with E-state index in [1.165, 1.54) is 38.8 Å². The first-order valence-corrected chi connectivity index (χ1v) is 7.52. The van der Waals surface area contributed by atoms with Gasteiger partial charge in [-0.15, -0.1) is 0 Å². The largest absolute Gasteiger partial charge is 0.383 e. The number of fused-ring (bicyclic) bond motifs is 1. The predicted molar refractivity (Wildman–Crippen MR) is 75.1 cm³/mol. The Morgan fingerprint density at radius 3 is 3.05 bits per heavy atom. The number of amides is 1. The maximum absolute atomic E-state index is 11.5. The number of ether oxygens (including phenoxy) is 1. The van der Waals surface area contributed by atoms with Crippen molar-refractivity contribution in [1.29, 1.82) is 0 Å². The molecule has 2 unspecified atom stereocenters. The van der Waals surface area contributed by atoms with E-state index in [0.29, 0.717) is 25.6 Å². The number of carbonyl (C=O) groups excluding carboxylic acids is 1. The lowest BCUT2D eigenvalue weighted by Gasteiger charge is -2.35. The van der Waals surface area contributed by atoms with Crippen molar-refractivity contribution in [3.05, 3.63) is 0 Å². The minimum absolute atomic E-state index is 0.114. The molecule has 19 heavy (non-hydrogen) atoms. The van der Waals surface area contributed by atoms with Crippen molar-refractivity contribution in [1.82, 2.24) is 15.5 Å². The van der Waals surface area contributed by atoms with Crippen molar-refractivity contribution in [2.75, 3.05) is 39.9 Å². The number of nitrogens with zero attached hydrogens (tertiary/aromatic N) is 1. The number of hydrogen-bond acceptors (Lipinski definition) is 4. The summed E-state index contributed by atoms with van der Waals surface area (Å²) in [6, 6.07) is 1.40. The lowest BCUT2D eigenvalue weighted by molar-refractivity contribution is -0.121. The van der Waals surface area contributed by atoms with Gasteiger partial charge in [-0.1, -0.05) is 0 Å². The zero-order chi connectivity index (χ0) is 13.5. The molecule has 2 aliphatic heterocycles. The molecular weight excluding hydrogens is 242 g/mol. The second-order valence-corrected chi connectivity index (χ2v) is 5.60. The average Bonchev–Trinajstić information content (AvgIpc) is 2.86. The van der Waals surface area contributed by atoms with Crippen LogP contribution in [-0.2, 0) is 9.53 Å². The van der Waals surface area contributed by atoms with Crippen LogP contribution < -0.4 is 10.6 Å². The number of rotatable bonds is 7. The molecule has 0 aromatic heterocycles. The third-order valence-electron chi connectivity index (χ3n) is 4.23. The van der Waals surface area contributed by atoms with Gasteiger partial charge in [0.05, 0.1) is 6.61 Å². The minimum Gasteiger partial charge on any atom is -0.383 e. The molecular formula is C14H27N3O2. The van der Waals surface area contributed by atoms with Gasteiger partial charge in [0.2, 0.25) is 5.91 Å². The fraction of sp³-hybridized carbons (Fsp3) is 0.929. The predicted octanol–water partition coefficient (Wildman–Crippen LogP) is 0.356. The van der Waals surface area contributed by atoms with Gasteiger partial charge in [-0.3, -0.25) is 4.79 Å². The van der Waals surface area contributed by atoms with Crippen LogP contribution in [0.3, 0.4) is 0 Å². The van der Waals surface area contributed by atoms with Crippen molar-refractivity contribution in [2.45, 2.75) is 44.2 Å². The molecule has 0 aromatic rings. The van der Waals surface area contributed by atoms with Gasteiger partial charge in [-0.2, -0.15) is 0 Å². The maximum atomic E-state index is 11.5. The average molecular weight is 269 g/mol. The van der Waals surface area contributed by atoms with E-state index < -0.39 is 0 Å². The van der Waals surface area contributed by atoms with Crippen LogP contribution in [0.1, 0.15) is 32.1 Å². The fourth-order valence-electron chi connectivity index (χ4n) is 3.18. The monoisotopic (exact) mass is 269 g/mol. The van der Waals surface area contributed by atoms with E-state index in [0.717, 1.165) is 12.6 Å². The van der Waals surface area contributed by atoms with Crippen LogP contribution >= 0.6 is 0 Å². The van der Waals surface area contributed by atoms with E-state index in [1.54, 1.807) is 7.11 Å². The summed E-state index contributed by atoms with van der Waals surface area (Å²) in [6.07, 6.45) is 5.76. The molecule has 110 valence electrons. The topological polar surface area (TPSA) is 53.6 Å². The summed E-state index contributed by atoms with van der Waals surface area (Å²) in [5.74, 6) is 0.114. The van der Waals surface area contributed by atoms with E-state index in [4.69, 9.17) is 4.74 Å². The van der Waals surface area contributed by atoms with Crippen LogP contribution in [-0.4, -0.2) is 62.8 Å². The Labute approximate surface area is 116 Å². The van der Waals surface area contributed by atoms with Crippen molar-refractivity contribution >= 4 is 5.91 Å². The van der Waals surface area contributed by atoms with Gasteiger partial charge in [-0.25, -0.2) is 0 Å². The Bertz CT molecular complexity index is 286. The first-order valence-electron chi connectivity index (χ1n) is 7.52. The molecule has 0 aromatic carbocycles. The number of carbonyl (C=O) groups is 1. The number of piperidine rings is 1. The Hall–Kier alpha value is -0.650. The van der Waals surface area contributed by atoms with Crippen LogP contribution in [0.5, 0.6) is 0 Å². The highest BCUT2D eigenvalue weighted by molar-refractivity contribution is 5.76. The molecule has 0 radical (unpaired) electrons. The first-order chi connectivity index (χ1) is 9.29. The summed E-state index contributed by atoms with van der Waals surface area (Å²) >= 11 is 0. The van der Waals surface area contributed by atoms with Crippen LogP contribution in [0.4, 0.5) is 0 Å². The van der Waals surface area contributed by atoms with E-state index in [-0.39, 0.29) is 5.91 Å². The van der Waals surface area contributed by atoms with Crippen molar-refractivity contribution in [3.63, 3.8) is 0 Å². The summed E-state index contributed by atoms with van der Waals surface area (Å²) in [6.45, 7) is 4.49. The number of hydrogen-bond donors (Lipinski definition) is 2. The lowest BCUT2D eigenvalue weighted by Crippen LogP contribution is -2.46. The van der Waals surface area contributed by atoms with Crippen LogP contribution in [0.2, 0.25) is 0 Å². The third-order valence-corrected chi connectivity index (χ3v) is 4.23. The minimum atomic E-state index is 0.114. The highest BCUT2D eigenvalue weighted by atomic mass is 16.5. The van der Waals surface area contributed by atoms with E-state index in [2.05, 4.69) is 15.5 Å². The Balaban J connectivity index is 1.54. The highest BCUT2D eigenvalue weighted by Crippen LogP contribution is 2.26. The molecule has 0 aliphatic carbocycles. The molecule has 2 saturated heterocycles. The molecule has 2 rings (SSSR count). The summed E-state index contributed by atoms with van der Waals surface area (Å²) in [7, 11) is 1.64. The fourth-order valence-corrected chi connectivity index (χ4v) is 3.18. The molecule has 0 spiro atoms. The first kappa shape index (κ1) is 14.8. The summed E-state index contributed by atoms with van der Waals surface area (Å²) < 4.78 is 4.90. The van der Waals surface area contributed by atoms with Gasteiger partial charge in [-0.05, 0) is 38.8 Å². The van der Waals surface area contributed by atoms with Crippen molar-refractivity contribution in [3.8, 4) is 0 Å². The van der Waals surface area contributed by atoms with E-state index >= 15 is 0 Å². The molecule has 2 atom stereocenters. The zero-order valence-corrected chi connectivity index (χ0v) is 12.0. The van der Waals surface area contributed by atoms with Gasteiger partial charge >= 0.3 is 0 Å². The van der Waals surface area contributed by atoms with E-state index in [9.17, 15) is 4.79 Å². The Kier molecular flexibility index (Phi) is 6.07. The number of nitrogens with one attached hydrogen (secondary N) is 2. The molecule has 0 bridgehead atoms. The SMILES string of the molecule is COCCNC(=O)CCNC1CCN2CCCC2C1. The zero-order valence-electron chi connectivity index (χ0n) is 12.0. The lowest BCUT2D eigenvalue weighted by atomic mass is 9.97. The molecule has 2 fully saturated rings. The van der Waals surface area contributed by atoms with Crippen LogP contribution in [0.25, 0.3) is 0 Å². The van der Waals surface area contributed by atoms with Crippen LogP contribution in [0, 0.1) is 0 Å². The highest BCUT2D eigenvalue weighted by Gasteiger charge is 2.31. The third kappa shape index (κ3) is 4.75. The molecule has 5 nitrogen and oxygen atoms in total. The smallest absolute Gasteiger partial charge is 0.221 e. The normalized spacial score (nSPS) is 27.2. The van der Waals surface area contributed by atoms with Gasteiger partial charge in [0.25, 0.3) is 0 Å². The Morgan fingerprint density at radius 2 is 2.21 bits per heavy atom. The van der Waals surface area contributed by atoms with Crippen molar-refractivity contribution in [2.24, 2.45) is 0 Å². The van der Waals surface area contributed by atoms with Crippen LogP contribution in [0.15, 0.2) is 0 Å². The Morgan fingerprint density at radius 1 is 1.32 bits per heavy atom. The van der Waals surface area contributed by atoms with Gasteiger partial charge in [0, 0.05) is 38.7 Å². The standard InChI is InChI=1S/C14H27N3O2/c1-19-10-7-16-14(18)4-6-15-12-5-9-17-8-2-3-13(17)11-12/h12-13,15H,2-11H2,1H3,(H,16,18). The summed E-state index contributed by atoms with van der Waals surface area (Å²) in [5.41, 5.74) is 0. The quantitative estimate of drug-likeness (QED) is 0.655. The molecule has 2 N–H and O–H groups in total. The maximum Gasteiger partial charge on any atom is 0.221 e. The molecule has 1 amide bonds. The molecule has 5 heteroatoms.